The number of rotatable bonds is 2. The summed E-state index contributed by atoms with van der Waals surface area (Å²) in [6.45, 7) is 6.00. The van der Waals surface area contributed by atoms with Gasteiger partial charge in [0.05, 0.1) is 16.4 Å². The van der Waals surface area contributed by atoms with E-state index in [2.05, 4.69) is 6.92 Å². The smallest absolute Gasteiger partial charge is 0.264 e. The highest BCUT2D eigenvalue weighted by Crippen LogP contribution is 2.30. The minimum atomic E-state index is 0.0903. The van der Waals surface area contributed by atoms with Gasteiger partial charge in [0.25, 0.3) is 5.91 Å². The average Bonchev–Trinajstić information content (AvgIpc) is 3.05. The fourth-order valence-electron chi connectivity index (χ4n) is 2.49. The molecule has 21 heavy (non-hydrogen) atoms. The summed E-state index contributed by atoms with van der Waals surface area (Å²) in [5.41, 5.74) is 0. The van der Waals surface area contributed by atoms with E-state index in [1.54, 1.807) is 0 Å². The topological polar surface area (TPSA) is 42.7 Å². The Bertz CT molecular complexity index is 631. The van der Waals surface area contributed by atoms with Crippen molar-refractivity contribution in [2.24, 2.45) is 0 Å². The Hall–Kier alpha value is -1.59. The second kappa shape index (κ2) is 6.03. The largest absolute Gasteiger partial charge is 0.461 e. The molecule has 0 radical (unpaired) electrons. The molecule has 0 N–H and O–H groups in total. The number of carbonyl (C=O) groups excluding carboxylic acids is 1. The summed E-state index contributed by atoms with van der Waals surface area (Å²) in [6.07, 6.45) is 0.890. The number of aryl methyl sites for hydroxylation is 1. The molecule has 3 heterocycles. The first-order valence-corrected chi connectivity index (χ1v) is 8.02. The third-order valence-corrected chi connectivity index (χ3v) is 4.84. The minimum Gasteiger partial charge on any atom is -0.461 e. The van der Waals surface area contributed by atoms with Gasteiger partial charge in [-0.3, -0.25) is 4.79 Å². The average molecular weight is 305 g/mol. The lowest BCUT2D eigenvalue weighted by molar-refractivity contribution is 0.0692. The second-order valence-corrected chi connectivity index (χ2v) is 6.41. The molecule has 1 saturated heterocycles. The highest BCUT2D eigenvalue weighted by molar-refractivity contribution is 7.17. The van der Waals surface area contributed by atoms with Gasteiger partial charge in [-0.2, -0.15) is 0 Å². The number of hydrogen-bond donors (Lipinski definition) is 0. The standard InChI is InChI=1S/C16H19NO3S/c1-11-7-9-19-10-8-17(11)16(18)15-6-5-14(21-15)13-4-3-12(2)20-13/h3-6,11H,7-10H2,1-2H3/t11-/m1/s1. The molecule has 1 atom stereocenters. The first kappa shape index (κ1) is 14.4. The van der Waals surface area contributed by atoms with Crippen LogP contribution in [0.1, 0.15) is 28.8 Å². The van der Waals surface area contributed by atoms with Crippen molar-refractivity contribution in [1.82, 2.24) is 4.90 Å². The van der Waals surface area contributed by atoms with Crippen molar-refractivity contribution >= 4 is 17.2 Å². The zero-order chi connectivity index (χ0) is 14.8. The number of furan rings is 1. The number of nitrogens with zero attached hydrogens (tertiary/aromatic N) is 1. The summed E-state index contributed by atoms with van der Waals surface area (Å²) in [7, 11) is 0. The molecule has 0 aliphatic carbocycles. The van der Waals surface area contributed by atoms with Crippen LogP contribution >= 0.6 is 11.3 Å². The van der Waals surface area contributed by atoms with Gasteiger partial charge < -0.3 is 14.1 Å². The van der Waals surface area contributed by atoms with E-state index >= 15 is 0 Å². The van der Waals surface area contributed by atoms with Gasteiger partial charge in [-0.15, -0.1) is 11.3 Å². The highest BCUT2D eigenvalue weighted by atomic mass is 32.1. The van der Waals surface area contributed by atoms with E-state index in [4.69, 9.17) is 9.15 Å². The van der Waals surface area contributed by atoms with E-state index in [1.807, 2.05) is 36.1 Å². The first-order valence-electron chi connectivity index (χ1n) is 7.20. The summed E-state index contributed by atoms with van der Waals surface area (Å²) in [5, 5.41) is 0. The van der Waals surface area contributed by atoms with Gasteiger partial charge in [-0.05, 0) is 44.5 Å². The minimum absolute atomic E-state index is 0.0903. The third kappa shape index (κ3) is 3.04. The van der Waals surface area contributed by atoms with E-state index in [0.717, 1.165) is 34.3 Å². The Kier molecular flexibility index (Phi) is 4.12. The predicted molar refractivity (Wildman–Crippen MR) is 82.7 cm³/mol. The van der Waals surface area contributed by atoms with Crippen molar-refractivity contribution in [2.45, 2.75) is 26.3 Å². The van der Waals surface area contributed by atoms with E-state index in [9.17, 15) is 4.79 Å². The number of hydrogen-bond acceptors (Lipinski definition) is 4. The molecule has 0 unspecified atom stereocenters. The molecule has 4 nitrogen and oxygen atoms in total. The molecule has 0 spiro atoms. The summed E-state index contributed by atoms with van der Waals surface area (Å²) in [6, 6.07) is 7.94. The summed E-state index contributed by atoms with van der Waals surface area (Å²) < 4.78 is 11.1. The molecular formula is C16H19NO3S. The van der Waals surface area contributed by atoms with Gasteiger partial charge in [0.15, 0.2) is 0 Å². The van der Waals surface area contributed by atoms with Crippen LogP contribution in [-0.4, -0.2) is 36.6 Å². The number of amides is 1. The van der Waals surface area contributed by atoms with Gasteiger partial charge in [0, 0.05) is 19.2 Å². The van der Waals surface area contributed by atoms with Crippen LogP contribution in [0.5, 0.6) is 0 Å². The van der Waals surface area contributed by atoms with Gasteiger partial charge in [-0.1, -0.05) is 0 Å². The van der Waals surface area contributed by atoms with Gasteiger partial charge in [-0.25, -0.2) is 0 Å². The summed E-state index contributed by atoms with van der Waals surface area (Å²) >= 11 is 1.48. The molecule has 1 aliphatic heterocycles. The molecule has 1 fully saturated rings. The molecule has 112 valence electrons. The lowest BCUT2D eigenvalue weighted by Crippen LogP contribution is -2.38. The van der Waals surface area contributed by atoms with Crippen molar-refractivity contribution in [1.29, 1.82) is 0 Å². The van der Waals surface area contributed by atoms with E-state index in [1.165, 1.54) is 11.3 Å². The normalized spacial score (nSPS) is 19.5. The summed E-state index contributed by atoms with van der Waals surface area (Å²) in [5.74, 6) is 1.79. The van der Waals surface area contributed by atoms with E-state index < -0.39 is 0 Å². The van der Waals surface area contributed by atoms with Gasteiger partial charge >= 0.3 is 0 Å². The quantitative estimate of drug-likeness (QED) is 0.852. The fraction of sp³-hybridized carbons (Fsp3) is 0.438. The number of ether oxygens (including phenoxy) is 1. The van der Waals surface area contributed by atoms with Crippen LogP contribution in [0.4, 0.5) is 0 Å². The number of carbonyl (C=O) groups is 1. The van der Waals surface area contributed by atoms with Crippen LogP contribution in [0.2, 0.25) is 0 Å². The molecular weight excluding hydrogens is 286 g/mol. The van der Waals surface area contributed by atoms with Crippen LogP contribution in [-0.2, 0) is 4.74 Å². The second-order valence-electron chi connectivity index (χ2n) is 5.32. The molecule has 2 aromatic rings. The van der Waals surface area contributed by atoms with Gasteiger partial charge in [0.1, 0.15) is 11.5 Å². The van der Waals surface area contributed by atoms with Crippen LogP contribution in [0.3, 0.4) is 0 Å². The molecule has 0 saturated carbocycles. The van der Waals surface area contributed by atoms with Crippen LogP contribution in [0.25, 0.3) is 10.6 Å². The number of thiophene rings is 1. The lowest BCUT2D eigenvalue weighted by atomic mass is 10.2. The predicted octanol–water partition coefficient (Wildman–Crippen LogP) is 3.57. The molecule has 1 amide bonds. The van der Waals surface area contributed by atoms with Crippen molar-refractivity contribution in [3.63, 3.8) is 0 Å². The first-order chi connectivity index (χ1) is 10.1. The Labute approximate surface area is 128 Å². The highest BCUT2D eigenvalue weighted by Gasteiger charge is 2.24. The SMILES string of the molecule is Cc1ccc(-c2ccc(C(=O)N3CCOCC[C@H]3C)s2)o1. The molecule has 1 aliphatic rings. The van der Waals surface area contributed by atoms with Crippen LogP contribution in [0, 0.1) is 6.92 Å². The van der Waals surface area contributed by atoms with E-state index in [-0.39, 0.29) is 11.9 Å². The zero-order valence-electron chi connectivity index (χ0n) is 12.3. The maximum Gasteiger partial charge on any atom is 0.264 e. The Balaban J connectivity index is 1.80. The van der Waals surface area contributed by atoms with Crippen LogP contribution < -0.4 is 0 Å². The van der Waals surface area contributed by atoms with Crippen molar-refractivity contribution in [3.05, 3.63) is 34.9 Å². The van der Waals surface area contributed by atoms with Crippen LogP contribution in [0.15, 0.2) is 28.7 Å². The monoisotopic (exact) mass is 305 g/mol. The lowest BCUT2D eigenvalue weighted by Gasteiger charge is -2.25. The maximum atomic E-state index is 12.7. The Morgan fingerprint density at radius 3 is 2.90 bits per heavy atom. The molecule has 0 aromatic carbocycles. The maximum absolute atomic E-state index is 12.7. The third-order valence-electron chi connectivity index (χ3n) is 3.75. The Morgan fingerprint density at radius 2 is 2.14 bits per heavy atom. The zero-order valence-corrected chi connectivity index (χ0v) is 13.1. The van der Waals surface area contributed by atoms with Crippen molar-refractivity contribution in [3.8, 4) is 10.6 Å². The van der Waals surface area contributed by atoms with Crippen molar-refractivity contribution < 1.29 is 13.9 Å². The Morgan fingerprint density at radius 1 is 1.29 bits per heavy atom. The van der Waals surface area contributed by atoms with Crippen molar-refractivity contribution in [2.75, 3.05) is 19.8 Å². The fourth-order valence-corrected chi connectivity index (χ4v) is 3.41. The van der Waals surface area contributed by atoms with Gasteiger partial charge in [0.2, 0.25) is 0 Å². The summed E-state index contributed by atoms with van der Waals surface area (Å²) in [4.78, 5) is 16.3. The molecule has 5 heteroatoms. The molecule has 0 bridgehead atoms. The van der Waals surface area contributed by atoms with E-state index in [0.29, 0.717) is 13.2 Å². The molecule has 2 aromatic heterocycles. The molecule has 3 rings (SSSR count).